The molecule has 1 amide bonds. The second kappa shape index (κ2) is 5.05. The van der Waals surface area contributed by atoms with E-state index in [1.807, 2.05) is 37.3 Å². The van der Waals surface area contributed by atoms with Gasteiger partial charge in [0.2, 0.25) is 5.91 Å². The number of aryl methyl sites for hydroxylation is 1. The number of hydrogen-bond donors (Lipinski definition) is 0. The molecular weight excluding hydrogens is 306 g/mol. The maximum Gasteiger partial charge on any atom is 0.234 e. The summed E-state index contributed by atoms with van der Waals surface area (Å²) in [5, 5.41) is 11.6. The minimum absolute atomic E-state index is 0.211. The number of carbonyl (C=O) groups excluding carboxylic acids is 2. The summed E-state index contributed by atoms with van der Waals surface area (Å²) in [5.74, 6) is -3.13. The predicted octanol–water partition coefficient (Wildman–Crippen LogP) is 0.976. The van der Waals surface area contributed by atoms with Gasteiger partial charge in [-0.2, -0.15) is 0 Å². The normalized spacial score (nSPS) is 36.2. The molecular formula is C19H18NO4-. The van der Waals surface area contributed by atoms with Crippen LogP contribution in [0.1, 0.15) is 12.0 Å². The molecule has 3 heterocycles. The molecule has 0 N–H and O–H groups in total. The number of carboxylic acids is 1. The zero-order valence-electron chi connectivity index (χ0n) is 13.3. The number of benzene rings is 1. The molecule has 4 rings (SSSR count). The molecule has 0 radical (unpaired) electrons. The molecule has 0 aliphatic carbocycles. The number of rotatable bonds is 4. The Kier molecular flexibility index (Phi) is 3.18. The van der Waals surface area contributed by atoms with E-state index in [1.54, 1.807) is 17.1 Å². The summed E-state index contributed by atoms with van der Waals surface area (Å²) in [6.45, 7) is 5.74. The number of aliphatic carboxylic acids is 1. The van der Waals surface area contributed by atoms with Crippen molar-refractivity contribution in [3.8, 4) is 0 Å². The van der Waals surface area contributed by atoms with E-state index in [2.05, 4.69) is 6.58 Å². The molecule has 1 aromatic carbocycles. The first kappa shape index (κ1) is 15.1. The first-order valence-corrected chi connectivity index (χ1v) is 8.09. The molecule has 5 atom stereocenters. The Morgan fingerprint density at radius 3 is 2.88 bits per heavy atom. The minimum atomic E-state index is -1.23. The molecule has 5 heteroatoms. The van der Waals surface area contributed by atoms with Crippen LogP contribution in [0, 0.1) is 18.8 Å². The maximum atomic E-state index is 13.2. The van der Waals surface area contributed by atoms with Gasteiger partial charge in [0.25, 0.3) is 0 Å². The third-order valence-corrected chi connectivity index (χ3v) is 5.46. The SMILES string of the molecule is C=CC[C@@H]1N(c2ccccc2C)C(=O)[C@@H]2[C@H](C(=O)[O-])[C@@H]3C=C[C@]21O3. The second-order valence-corrected chi connectivity index (χ2v) is 6.65. The monoisotopic (exact) mass is 324 g/mol. The number of fused-ring (bicyclic) bond motifs is 1. The highest BCUT2D eigenvalue weighted by molar-refractivity contribution is 6.03. The van der Waals surface area contributed by atoms with Gasteiger partial charge in [0.1, 0.15) is 5.60 Å². The van der Waals surface area contributed by atoms with E-state index in [0.717, 1.165) is 11.3 Å². The smallest absolute Gasteiger partial charge is 0.234 e. The molecule has 24 heavy (non-hydrogen) atoms. The second-order valence-electron chi connectivity index (χ2n) is 6.65. The Bertz CT molecular complexity index is 770. The molecule has 2 saturated heterocycles. The largest absolute Gasteiger partial charge is 0.550 e. The number of anilines is 1. The summed E-state index contributed by atoms with van der Waals surface area (Å²) in [5.41, 5.74) is 0.832. The summed E-state index contributed by atoms with van der Waals surface area (Å²) >= 11 is 0. The standard InChI is InChI=1S/C19H19NO4/c1-3-6-14-19-10-9-13(24-19)15(18(22)23)16(19)17(21)20(14)12-8-5-4-7-11(12)2/h3-5,7-10,13-16H,1,6H2,2H3,(H,22,23)/p-1/t13-,14-,15+,16-,19+/m0/s1. The maximum absolute atomic E-state index is 13.2. The predicted molar refractivity (Wildman–Crippen MR) is 86.0 cm³/mol. The van der Waals surface area contributed by atoms with Gasteiger partial charge in [-0.05, 0) is 25.0 Å². The number of para-hydroxylation sites is 1. The quantitative estimate of drug-likeness (QED) is 0.774. The zero-order valence-corrected chi connectivity index (χ0v) is 13.3. The first-order chi connectivity index (χ1) is 11.5. The van der Waals surface area contributed by atoms with Crippen LogP contribution in [0.25, 0.3) is 0 Å². The van der Waals surface area contributed by atoms with Crippen molar-refractivity contribution >= 4 is 17.6 Å². The molecule has 0 unspecified atom stereocenters. The first-order valence-electron chi connectivity index (χ1n) is 8.09. The van der Waals surface area contributed by atoms with Crippen LogP contribution < -0.4 is 10.0 Å². The molecule has 0 aromatic heterocycles. The number of amides is 1. The van der Waals surface area contributed by atoms with Crippen LogP contribution in [0.3, 0.4) is 0 Å². The number of hydrogen-bond acceptors (Lipinski definition) is 4. The molecule has 2 fully saturated rings. The Labute approximate surface area is 140 Å². The molecule has 124 valence electrons. The fourth-order valence-electron chi connectivity index (χ4n) is 4.49. The van der Waals surface area contributed by atoms with Crippen LogP contribution >= 0.6 is 0 Å². The molecule has 1 spiro atoms. The van der Waals surface area contributed by atoms with Gasteiger partial charge in [0.15, 0.2) is 0 Å². The van der Waals surface area contributed by atoms with E-state index < -0.39 is 29.5 Å². The lowest BCUT2D eigenvalue weighted by molar-refractivity contribution is -0.313. The van der Waals surface area contributed by atoms with Gasteiger partial charge < -0.3 is 19.5 Å². The summed E-state index contributed by atoms with van der Waals surface area (Å²) in [4.78, 5) is 26.5. The van der Waals surface area contributed by atoms with E-state index in [9.17, 15) is 14.7 Å². The minimum Gasteiger partial charge on any atom is -0.550 e. The van der Waals surface area contributed by atoms with Gasteiger partial charge in [-0.3, -0.25) is 4.79 Å². The highest BCUT2D eigenvalue weighted by Crippen LogP contribution is 2.56. The van der Waals surface area contributed by atoms with Crippen molar-refractivity contribution in [3.63, 3.8) is 0 Å². The average molecular weight is 324 g/mol. The molecule has 3 aliphatic rings. The van der Waals surface area contributed by atoms with E-state index in [4.69, 9.17) is 4.74 Å². The summed E-state index contributed by atoms with van der Waals surface area (Å²) in [6, 6.07) is 7.29. The van der Waals surface area contributed by atoms with Gasteiger partial charge >= 0.3 is 0 Å². The fourth-order valence-corrected chi connectivity index (χ4v) is 4.49. The van der Waals surface area contributed by atoms with Crippen molar-refractivity contribution in [1.82, 2.24) is 0 Å². The summed E-state index contributed by atoms with van der Waals surface area (Å²) < 4.78 is 6.04. The number of carbonyl (C=O) groups is 2. The lowest BCUT2D eigenvalue weighted by Crippen LogP contribution is -2.46. The Morgan fingerprint density at radius 2 is 2.21 bits per heavy atom. The highest BCUT2D eigenvalue weighted by atomic mass is 16.5. The number of ether oxygens (including phenoxy) is 1. The van der Waals surface area contributed by atoms with Crippen molar-refractivity contribution in [2.45, 2.75) is 31.1 Å². The Morgan fingerprint density at radius 1 is 1.46 bits per heavy atom. The molecule has 0 saturated carbocycles. The van der Waals surface area contributed by atoms with Gasteiger partial charge in [0.05, 0.1) is 18.1 Å². The van der Waals surface area contributed by atoms with Crippen molar-refractivity contribution in [2.75, 3.05) is 4.90 Å². The van der Waals surface area contributed by atoms with Crippen LogP contribution in [0.4, 0.5) is 5.69 Å². The lowest BCUT2D eigenvalue weighted by atomic mass is 9.74. The Balaban J connectivity index is 1.87. The molecule has 2 bridgehead atoms. The van der Waals surface area contributed by atoms with Crippen molar-refractivity contribution < 1.29 is 19.4 Å². The number of nitrogens with zero attached hydrogens (tertiary/aromatic N) is 1. The topological polar surface area (TPSA) is 69.7 Å². The van der Waals surface area contributed by atoms with Crippen LogP contribution in [0.5, 0.6) is 0 Å². The van der Waals surface area contributed by atoms with Crippen LogP contribution in [-0.2, 0) is 14.3 Å². The van der Waals surface area contributed by atoms with Gasteiger partial charge in [-0.25, -0.2) is 0 Å². The third kappa shape index (κ3) is 1.73. The zero-order chi connectivity index (χ0) is 17.1. The van der Waals surface area contributed by atoms with E-state index >= 15 is 0 Å². The number of carboxylic acid groups (broad SMARTS) is 1. The van der Waals surface area contributed by atoms with Crippen molar-refractivity contribution in [3.05, 3.63) is 54.6 Å². The van der Waals surface area contributed by atoms with Gasteiger partial charge in [-0.1, -0.05) is 36.4 Å². The van der Waals surface area contributed by atoms with Crippen molar-refractivity contribution in [1.29, 1.82) is 0 Å². The van der Waals surface area contributed by atoms with Crippen LogP contribution in [0.15, 0.2) is 49.1 Å². The van der Waals surface area contributed by atoms with Gasteiger partial charge in [-0.15, -0.1) is 6.58 Å². The molecule has 1 aromatic rings. The van der Waals surface area contributed by atoms with Crippen LogP contribution in [-0.4, -0.2) is 29.6 Å². The van der Waals surface area contributed by atoms with Gasteiger partial charge in [0, 0.05) is 17.6 Å². The summed E-state index contributed by atoms with van der Waals surface area (Å²) in [6.07, 6.45) is 5.30. The average Bonchev–Trinajstić information content (AvgIpc) is 3.18. The van der Waals surface area contributed by atoms with E-state index in [1.165, 1.54) is 0 Å². The summed E-state index contributed by atoms with van der Waals surface area (Å²) in [7, 11) is 0. The van der Waals surface area contributed by atoms with E-state index in [-0.39, 0.29) is 11.9 Å². The highest BCUT2D eigenvalue weighted by Gasteiger charge is 2.69. The Hall–Kier alpha value is -2.40. The molecule has 3 aliphatic heterocycles. The van der Waals surface area contributed by atoms with Crippen LogP contribution in [0.2, 0.25) is 0 Å². The fraction of sp³-hybridized carbons (Fsp3) is 0.368. The third-order valence-electron chi connectivity index (χ3n) is 5.46. The van der Waals surface area contributed by atoms with E-state index in [0.29, 0.717) is 6.42 Å². The van der Waals surface area contributed by atoms with Crippen molar-refractivity contribution in [2.24, 2.45) is 11.8 Å². The lowest BCUT2D eigenvalue weighted by Gasteiger charge is -2.33. The molecule has 5 nitrogen and oxygen atoms in total.